The van der Waals surface area contributed by atoms with Crippen molar-refractivity contribution < 1.29 is 29.6 Å². The number of rotatable bonds is 15. The lowest BCUT2D eigenvalue weighted by Crippen LogP contribution is -2.47. The number of carbonyl (C=O) groups is 2. The van der Waals surface area contributed by atoms with Gasteiger partial charge in [0.25, 0.3) is 0 Å². The zero-order valence-electron chi connectivity index (χ0n) is 23.9. The number of hydrogen-bond acceptors (Lipinski definition) is 6. The van der Waals surface area contributed by atoms with Gasteiger partial charge in [-0.1, -0.05) is 84.9 Å². The summed E-state index contributed by atoms with van der Waals surface area (Å²) in [6.07, 6.45) is 0.885. The average Bonchev–Trinajstić information content (AvgIpc) is 3.31. The molecular weight excluding hydrogens is 532 g/mol. The summed E-state index contributed by atoms with van der Waals surface area (Å²) in [5.41, 5.74) is 4.03. The van der Waals surface area contributed by atoms with E-state index < -0.39 is 36.3 Å². The highest BCUT2D eigenvalue weighted by Gasteiger charge is 2.35. The van der Waals surface area contributed by atoms with Crippen LogP contribution in [0.5, 0.6) is 0 Å². The zero-order valence-corrected chi connectivity index (χ0v) is 23.9. The Morgan fingerprint density at radius 1 is 0.905 bits per heavy atom. The molecule has 1 aliphatic carbocycles. The molecule has 4 rings (SSSR count). The lowest BCUT2D eigenvalue weighted by atomic mass is 9.88. The number of ether oxygens (including phenoxy) is 1. The van der Waals surface area contributed by atoms with Crippen molar-refractivity contribution in [2.75, 3.05) is 13.2 Å². The standard InChI is InChI=1S/C34H42N2O6/c37-19-10-20-42-34(41)35-29(21-25-13-5-2-6-14-25)30(38)23-27(17-9-15-24-11-3-1-4-12-24)33(40)36-32-28-18-8-7-16-26(28)22-31(32)39/h1-8,11-14,16,18,27,29-32,37-39H,9-10,15,17,19-23H2,(H,35,41)(H,36,40)/t27-,29+,30+,31-,32+/m1/s1. The Labute approximate surface area is 247 Å². The van der Waals surface area contributed by atoms with Crippen LogP contribution in [0.15, 0.2) is 84.9 Å². The van der Waals surface area contributed by atoms with Crippen molar-refractivity contribution in [2.45, 2.75) is 69.2 Å². The van der Waals surface area contributed by atoms with Gasteiger partial charge in [0.1, 0.15) is 0 Å². The van der Waals surface area contributed by atoms with E-state index in [0.29, 0.717) is 25.7 Å². The predicted octanol–water partition coefficient (Wildman–Crippen LogP) is 3.87. The van der Waals surface area contributed by atoms with Crippen LogP contribution in [0.2, 0.25) is 0 Å². The maximum absolute atomic E-state index is 13.7. The van der Waals surface area contributed by atoms with Gasteiger partial charge in [-0.2, -0.15) is 0 Å². The molecule has 0 aliphatic heterocycles. The van der Waals surface area contributed by atoms with Crippen molar-refractivity contribution >= 4 is 12.0 Å². The molecule has 5 atom stereocenters. The maximum atomic E-state index is 13.7. The van der Waals surface area contributed by atoms with Crippen molar-refractivity contribution in [3.63, 3.8) is 0 Å². The lowest BCUT2D eigenvalue weighted by molar-refractivity contribution is -0.128. The van der Waals surface area contributed by atoms with Crippen LogP contribution >= 0.6 is 0 Å². The van der Waals surface area contributed by atoms with Crippen molar-refractivity contribution in [3.05, 3.63) is 107 Å². The summed E-state index contributed by atoms with van der Waals surface area (Å²) in [6, 6.07) is 26.1. The summed E-state index contributed by atoms with van der Waals surface area (Å²) < 4.78 is 5.17. The van der Waals surface area contributed by atoms with Crippen LogP contribution in [-0.2, 0) is 28.8 Å². The van der Waals surface area contributed by atoms with E-state index in [9.17, 15) is 19.8 Å². The second-order valence-electron chi connectivity index (χ2n) is 11.0. The maximum Gasteiger partial charge on any atom is 0.407 e. The number of benzene rings is 3. The van der Waals surface area contributed by atoms with Gasteiger partial charge >= 0.3 is 6.09 Å². The minimum atomic E-state index is -1.04. The number of carbonyl (C=O) groups excluding carboxylic acids is 2. The molecule has 42 heavy (non-hydrogen) atoms. The molecule has 0 aromatic heterocycles. The summed E-state index contributed by atoms with van der Waals surface area (Å²) in [4.78, 5) is 26.3. The van der Waals surface area contributed by atoms with Gasteiger partial charge < -0.3 is 30.7 Å². The fourth-order valence-electron chi connectivity index (χ4n) is 5.60. The van der Waals surface area contributed by atoms with E-state index in [4.69, 9.17) is 9.84 Å². The monoisotopic (exact) mass is 574 g/mol. The topological polar surface area (TPSA) is 128 Å². The molecule has 3 aromatic carbocycles. The number of aliphatic hydroxyl groups excluding tert-OH is 3. The van der Waals surface area contributed by atoms with Gasteiger partial charge in [0.15, 0.2) is 0 Å². The minimum absolute atomic E-state index is 0.0617. The Morgan fingerprint density at radius 3 is 2.29 bits per heavy atom. The van der Waals surface area contributed by atoms with Gasteiger partial charge in [0.05, 0.1) is 30.9 Å². The third-order valence-corrected chi connectivity index (χ3v) is 7.86. The molecule has 224 valence electrons. The first-order valence-corrected chi connectivity index (χ1v) is 14.8. The normalized spacial score (nSPS) is 18.0. The van der Waals surface area contributed by atoms with Crippen LogP contribution in [0, 0.1) is 5.92 Å². The highest BCUT2D eigenvalue weighted by molar-refractivity contribution is 5.79. The lowest BCUT2D eigenvalue weighted by Gasteiger charge is -2.28. The summed E-state index contributed by atoms with van der Waals surface area (Å²) >= 11 is 0. The molecule has 5 N–H and O–H groups in total. The van der Waals surface area contributed by atoms with E-state index in [1.54, 1.807) is 0 Å². The molecule has 0 saturated carbocycles. The molecule has 8 heteroatoms. The fourth-order valence-corrected chi connectivity index (χ4v) is 5.60. The third-order valence-electron chi connectivity index (χ3n) is 7.86. The van der Waals surface area contributed by atoms with Crippen LogP contribution in [0.3, 0.4) is 0 Å². The van der Waals surface area contributed by atoms with Crippen molar-refractivity contribution in [2.24, 2.45) is 5.92 Å². The van der Waals surface area contributed by atoms with Gasteiger partial charge in [0.2, 0.25) is 5.91 Å². The van der Waals surface area contributed by atoms with E-state index in [2.05, 4.69) is 22.8 Å². The molecule has 0 saturated heterocycles. The molecule has 2 amide bonds. The SMILES string of the molecule is O=C(N[C@@H](Cc1ccccc1)[C@@H](O)C[C@@H](CCCc1ccccc1)C(=O)N[C@H]1c2ccccc2C[C@H]1O)OCCCO. The van der Waals surface area contributed by atoms with Gasteiger partial charge in [-0.3, -0.25) is 4.79 Å². The van der Waals surface area contributed by atoms with Gasteiger partial charge in [-0.25, -0.2) is 4.79 Å². The first kappa shape index (κ1) is 31.2. The number of fused-ring (bicyclic) bond motifs is 1. The Balaban J connectivity index is 1.48. The Hall–Kier alpha value is -3.72. The second kappa shape index (κ2) is 16.1. The molecule has 0 radical (unpaired) electrons. The highest BCUT2D eigenvalue weighted by atomic mass is 16.5. The van der Waals surface area contributed by atoms with Crippen LogP contribution in [-0.4, -0.2) is 58.8 Å². The predicted molar refractivity (Wildman–Crippen MR) is 161 cm³/mol. The van der Waals surface area contributed by atoms with Crippen molar-refractivity contribution in [1.29, 1.82) is 0 Å². The highest BCUT2D eigenvalue weighted by Crippen LogP contribution is 2.32. The number of alkyl carbamates (subject to hydrolysis) is 1. The Bertz CT molecular complexity index is 1260. The smallest absolute Gasteiger partial charge is 0.407 e. The average molecular weight is 575 g/mol. The number of amides is 2. The summed E-state index contributed by atoms with van der Waals surface area (Å²) in [5, 5.41) is 37.1. The number of aryl methyl sites for hydroxylation is 1. The number of hydrogen-bond donors (Lipinski definition) is 5. The third kappa shape index (κ3) is 9.14. The zero-order chi connectivity index (χ0) is 29.7. The molecule has 0 unspecified atom stereocenters. The number of aliphatic hydroxyl groups is 3. The van der Waals surface area contributed by atoms with E-state index in [1.165, 1.54) is 5.56 Å². The van der Waals surface area contributed by atoms with Crippen LogP contribution in [0.25, 0.3) is 0 Å². The van der Waals surface area contributed by atoms with Gasteiger partial charge in [-0.05, 0) is 54.4 Å². The van der Waals surface area contributed by atoms with Gasteiger partial charge in [0, 0.05) is 25.4 Å². The summed E-state index contributed by atoms with van der Waals surface area (Å²) in [6.45, 7) is -0.0323. The van der Waals surface area contributed by atoms with E-state index >= 15 is 0 Å². The summed E-state index contributed by atoms with van der Waals surface area (Å²) in [5.74, 6) is -0.777. The Kier molecular flexibility index (Phi) is 11.9. The molecule has 8 nitrogen and oxygen atoms in total. The van der Waals surface area contributed by atoms with E-state index in [0.717, 1.165) is 29.5 Å². The van der Waals surface area contributed by atoms with Crippen LogP contribution < -0.4 is 10.6 Å². The van der Waals surface area contributed by atoms with Crippen molar-refractivity contribution in [3.8, 4) is 0 Å². The number of nitrogens with one attached hydrogen (secondary N) is 2. The summed E-state index contributed by atoms with van der Waals surface area (Å²) in [7, 11) is 0. The van der Waals surface area contributed by atoms with Crippen LogP contribution in [0.4, 0.5) is 4.79 Å². The van der Waals surface area contributed by atoms with Crippen LogP contribution in [0.1, 0.15) is 54.0 Å². The molecule has 1 aliphatic rings. The van der Waals surface area contributed by atoms with Crippen molar-refractivity contribution in [1.82, 2.24) is 10.6 Å². The Morgan fingerprint density at radius 2 is 1.57 bits per heavy atom. The van der Waals surface area contributed by atoms with E-state index in [1.807, 2.05) is 72.8 Å². The first-order chi connectivity index (χ1) is 20.4. The minimum Gasteiger partial charge on any atom is -0.449 e. The molecule has 3 aromatic rings. The molecular formula is C34H42N2O6. The second-order valence-corrected chi connectivity index (χ2v) is 11.0. The van der Waals surface area contributed by atoms with Gasteiger partial charge in [-0.15, -0.1) is 0 Å². The molecule has 0 fully saturated rings. The first-order valence-electron chi connectivity index (χ1n) is 14.8. The largest absolute Gasteiger partial charge is 0.449 e. The molecule has 0 heterocycles. The quantitative estimate of drug-likeness (QED) is 0.175. The fraction of sp³-hybridized carbons (Fsp3) is 0.412. The van der Waals surface area contributed by atoms with E-state index in [-0.39, 0.29) is 25.5 Å². The molecule has 0 spiro atoms. The molecule has 0 bridgehead atoms.